The molecule has 4 rings (SSSR count). The summed E-state index contributed by atoms with van der Waals surface area (Å²) in [6, 6.07) is 7.96. The predicted molar refractivity (Wildman–Crippen MR) is 81.4 cm³/mol. The van der Waals surface area contributed by atoms with Crippen molar-refractivity contribution in [3.8, 4) is 5.75 Å². The normalized spacial score (nSPS) is 30.7. The molecule has 4 heteroatoms. The molecular weight excluding hydrogens is 264 g/mol. The zero-order valence-electron chi connectivity index (χ0n) is 12.4. The molecule has 0 radical (unpaired) electrons. The van der Waals surface area contributed by atoms with Crippen molar-refractivity contribution in [2.45, 2.75) is 25.0 Å². The molecule has 1 aromatic carbocycles. The van der Waals surface area contributed by atoms with Crippen LogP contribution in [0.3, 0.4) is 0 Å². The van der Waals surface area contributed by atoms with Gasteiger partial charge in [0.2, 0.25) is 0 Å². The largest absolute Gasteiger partial charge is 0.491 e. The molecule has 2 atom stereocenters. The van der Waals surface area contributed by atoms with E-state index in [9.17, 15) is 5.11 Å². The van der Waals surface area contributed by atoms with Gasteiger partial charge in [0.1, 0.15) is 18.5 Å². The standard InChI is InChI=1S/C17H24N2O2/c20-17-14-3-1-2-4-16(14)21-12-15(17)19-9-7-18(8-10-19)11-13-5-6-13/h1-4,13,15,17,20H,5-12H2. The van der Waals surface area contributed by atoms with Gasteiger partial charge in [-0.05, 0) is 24.8 Å². The van der Waals surface area contributed by atoms with Crippen molar-refractivity contribution in [3.63, 3.8) is 0 Å². The van der Waals surface area contributed by atoms with E-state index < -0.39 is 6.10 Å². The summed E-state index contributed by atoms with van der Waals surface area (Å²) in [5, 5.41) is 10.7. The fourth-order valence-corrected chi connectivity index (χ4v) is 3.58. The monoisotopic (exact) mass is 288 g/mol. The highest BCUT2D eigenvalue weighted by Crippen LogP contribution is 2.34. The van der Waals surface area contributed by atoms with E-state index in [0.717, 1.165) is 43.4 Å². The highest BCUT2D eigenvalue weighted by atomic mass is 16.5. The summed E-state index contributed by atoms with van der Waals surface area (Å²) in [6.45, 7) is 6.21. The van der Waals surface area contributed by atoms with E-state index in [1.807, 2.05) is 24.3 Å². The summed E-state index contributed by atoms with van der Waals surface area (Å²) in [4.78, 5) is 4.99. The number of para-hydroxylation sites is 1. The molecule has 2 aliphatic heterocycles. The van der Waals surface area contributed by atoms with E-state index in [4.69, 9.17) is 4.74 Å². The molecule has 1 N–H and O–H groups in total. The Hall–Kier alpha value is -1.10. The molecule has 4 nitrogen and oxygen atoms in total. The van der Waals surface area contributed by atoms with Crippen LogP contribution in [0, 0.1) is 5.92 Å². The quantitative estimate of drug-likeness (QED) is 0.914. The van der Waals surface area contributed by atoms with Gasteiger partial charge in [-0.15, -0.1) is 0 Å². The van der Waals surface area contributed by atoms with Gasteiger partial charge in [0.15, 0.2) is 0 Å². The van der Waals surface area contributed by atoms with Crippen LogP contribution < -0.4 is 4.74 Å². The highest BCUT2D eigenvalue weighted by molar-refractivity contribution is 5.37. The minimum absolute atomic E-state index is 0.1000. The molecular formula is C17H24N2O2. The summed E-state index contributed by atoms with van der Waals surface area (Å²) >= 11 is 0. The van der Waals surface area contributed by atoms with Crippen molar-refractivity contribution >= 4 is 0 Å². The fourth-order valence-electron chi connectivity index (χ4n) is 3.58. The number of piperazine rings is 1. The lowest BCUT2D eigenvalue weighted by molar-refractivity contribution is -0.0176. The van der Waals surface area contributed by atoms with Crippen LogP contribution in [0.1, 0.15) is 24.5 Å². The summed E-state index contributed by atoms with van der Waals surface area (Å²) in [5.41, 5.74) is 0.939. The summed E-state index contributed by atoms with van der Waals surface area (Å²) in [7, 11) is 0. The van der Waals surface area contributed by atoms with Crippen molar-refractivity contribution in [2.75, 3.05) is 39.3 Å². The first kappa shape index (κ1) is 13.6. The van der Waals surface area contributed by atoms with Crippen LogP contribution in [0.2, 0.25) is 0 Å². The van der Waals surface area contributed by atoms with Gasteiger partial charge in [-0.25, -0.2) is 0 Å². The van der Waals surface area contributed by atoms with E-state index in [-0.39, 0.29) is 6.04 Å². The molecule has 0 aromatic heterocycles. The maximum atomic E-state index is 10.7. The first-order valence-electron chi connectivity index (χ1n) is 8.17. The SMILES string of the molecule is OC1c2ccccc2OCC1N1CCN(CC2CC2)CC1. The van der Waals surface area contributed by atoms with Crippen molar-refractivity contribution in [1.29, 1.82) is 0 Å². The lowest BCUT2D eigenvalue weighted by Gasteiger charge is -2.42. The zero-order valence-corrected chi connectivity index (χ0v) is 12.4. The molecule has 1 aliphatic carbocycles. The molecule has 0 spiro atoms. The molecule has 1 aromatic rings. The second kappa shape index (κ2) is 5.59. The number of aliphatic hydroxyl groups is 1. The van der Waals surface area contributed by atoms with Crippen molar-refractivity contribution in [2.24, 2.45) is 5.92 Å². The van der Waals surface area contributed by atoms with Crippen LogP contribution in [0.25, 0.3) is 0 Å². The van der Waals surface area contributed by atoms with Crippen LogP contribution in [0.5, 0.6) is 5.75 Å². The lowest BCUT2D eigenvalue weighted by atomic mass is 9.97. The van der Waals surface area contributed by atoms with Crippen LogP contribution in [0.4, 0.5) is 0 Å². The molecule has 0 amide bonds. The second-order valence-electron chi connectivity index (χ2n) is 6.64. The third-order valence-corrected chi connectivity index (χ3v) is 5.10. The molecule has 2 heterocycles. The Labute approximate surface area is 126 Å². The van der Waals surface area contributed by atoms with Gasteiger partial charge in [0, 0.05) is 38.3 Å². The molecule has 1 saturated carbocycles. The Balaban J connectivity index is 1.39. The number of hydrogen-bond acceptors (Lipinski definition) is 4. The Bertz CT molecular complexity index is 495. The van der Waals surface area contributed by atoms with Gasteiger partial charge in [0.05, 0.1) is 6.04 Å². The van der Waals surface area contributed by atoms with E-state index in [0.29, 0.717) is 6.61 Å². The first-order chi connectivity index (χ1) is 10.3. The first-order valence-corrected chi connectivity index (χ1v) is 8.17. The summed E-state index contributed by atoms with van der Waals surface area (Å²) in [5.74, 6) is 1.81. The number of fused-ring (bicyclic) bond motifs is 1. The van der Waals surface area contributed by atoms with Crippen molar-refractivity contribution in [3.05, 3.63) is 29.8 Å². The van der Waals surface area contributed by atoms with Crippen LogP contribution >= 0.6 is 0 Å². The van der Waals surface area contributed by atoms with Crippen molar-refractivity contribution in [1.82, 2.24) is 9.80 Å². The van der Waals surface area contributed by atoms with Gasteiger partial charge >= 0.3 is 0 Å². The topological polar surface area (TPSA) is 35.9 Å². The molecule has 1 saturated heterocycles. The Kier molecular flexibility index (Phi) is 3.61. The number of ether oxygens (including phenoxy) is 1. The van der Waals surface area contributed by atoms with E-state index in [2.05, 4.69) is 9.80 Å². The van der Waals surface area contributed by atoms with Gasteiger partial charge in [-0.1, -0.05) is 18.2 Å². The average molecular weight is 288 g/mol. The minimum atomic E-state index is -0.426. The Morgan fingerprint density at radius 2 is 1.86 bits per heavy atom. The van der Waals surface area contributed by atoms with Gasteiger partial charge < -0.3 is 14.7 Å². The second-order valence-corrected chi connectivity index (χ2v) is 6.64. The summed E-state index contributed by atoms with van der Waals surface area (Å²) in [6.07, 6.45) is 2.42. The smallest absolute Gasteiger partial charge is 0.125 e. The average Bonchev–Trinajstić information content (AvgIpc) is 3.33. The molecule has 3 aliphatic rings. The fraction of sp³-hybridized carbons (Fsp3) is 0.647. The summed E-state index contributed by atoms with van der Waals surface area (Å²) < 4.78 is 5.85. The lowest BCUT2D eigenvalue weighted by Crippen LogP contribution is -2.54. The third-order valence-electron chi connectivity index (χ3n) is 5.10. The maximum Gasteiger partial charge on any atom is 0.125 e. The Morgan fingerprint density at radius 3 is 2.62 bits per heavy atom. The highest BCUT2D eigenvalue weighted by Gasteiger charge is 2.35. The Morgan fingerprint density at radius 1 is 1.10 bits per heavy atom. The van der Waals surface area contributed by atoms with Gasteiger partial charge in [-0.2, -0.15) is 0 Å². The van der Waals surface area contributed by atoms with Crippen LogP contribution in [-0.4, -0.2) is 60.3 Å². The van der Waals surface area contributed by atoms with E-state index in [1.54, 1.807) is 0 Å². The number of benzene rings is 1. The van der Waals surface area contributed by atoms with E-state index in [1.165, 1.54) is 19.4 Å². The molecule has 2 fully saturated rings. The molecule has 21 heavy (non-hydrogen) atoms. The molecule has 0 bridgehead atoms. The van der Waals surface area contributed by atoms with Gasteiger partial charge in [-0.3, -0.25) is 4.90 Å². The van der Waals surface area contributed by atoms with Crippen LogP contribution in [0.15, 0.2) is 24.3 Å². The number of rotatable bonds is 3. The molecule has 114 valence electrons. The van der Waals surface area contributed by atoms with Gasteiger partial charge in [0.25, 0.3) is 0 Å². The van der Waals surface area contributed by atoms with E-state index >= 15 is 0 Å². The number of nitrogens with zero attached hydrogens (tertiary/aromatic N) is 2. The zero-order chi connectivity index (χ0) is 14.2. The van der Waals surface area contributed by atoms with Crippen LogP contribution in [-0.2, 0) is 0 Å². The predicted octanol–water partition coefficient (Wildman–Crippen LogP) is 1.51. The number of hydrogen-bond donors (Lipinski definition) is 1. The molecule has 2 unspecified atom stereocenters. The third kappa shape index (κ3) is 2.80. The van der Waals surface area contributed by atoms with Crippen molar-refractivity contribution < 1.29 is 9.84 Å². The number of aliphatic hydroxyl groups excluding tert-OH is 1. The maximum absolute atomic E-state index is 10.7. The minimum Gasteiger partial charge on any atom is -0.491 e.